The molecule has 0 radical (unpaired) electrons. The van der Waals surface area contributed by atoms with Gasteiger partial charge in [-0.15, -0.1) is 0 Å². The molecule has 0 fully saturated rings. The molecule has 2 aromatic carbocycles. The molecule has 34 heavy (non-hydrogen) atoms. The number of likely N-dealkylation sites (N-methyl/N-ethyl adjacent to an activating group) is 1. The maximum absolute atomic E-state index is 14.3. The SMILES string of the molecule is CC(=O)N(C)C[C@@H](O)COc1cc(-c2cnn(C)c2)c2c(c1)C(O)(C(F)(F)F)c1ccccc1-2. The van der Waals surface area contributed by atoms with Gasteiger partial charge in [-0.3, -0.25) is 9.48 Å². The molecule has 0 bridgehead atoms. The van der Waals surface area contributed by atoms with Crippen molar-refractivity contribution in [2.45, 2.75) is 24.8 Å². The Morgan fingerprint density at radius 3 is 2.56 bits per heavy atom. The van der Waals surface area contributed by atoms with Crippen molar-refractivity contribution in [3.63, 3.8) is 0 Å². The number of rotatable bonds is 6. The fourth-order valence-corrected chi connectivity index (χ4v) is 4.22. The predicted octanol–water partition coefficient (Wildman–Crippen LogP) is 3.08. The van der Waals surface area contributed by atoms with E-state index in [0.717, 1.165) is 6.07 Å². The van der Waals surface area contributed by atoms with Crippen molar-refractivity contribution in [1.29, 1.82) is 0 Å². The maximum Gasteiger partial charge on any atom is 0.425 e. The minimum absolute atomic E-state index is 0.00628. The molecule has 2 atom stereocenters. The lowest BCUT2D eigenvalue weighted by molar-refractivity contribution is -0.246. The third-order valence-electron chi connectivity index (χ3n) is 5.98. The summed E-state index contributed by atoms with van der Waals surface area (Å²) in [6.45, 7) is 1.08. The Kier molecular flexibility index (Phi) is 5.91. The van der Waals surface area contributed by atoms with Crippen LogP contribution in [0.3, 0.4) is 0 Å². The zero-order valence-electron chi connectivity index (χ0n) is 18.8. The van der Waals surface area contributed by atoms with E-state index < -0.39 is 17.9 Å². The van der Waals surface area contributed by atoms with Crippen LogP contribution < -0.4 is 4.74 Å². The van der Waals surface area contributed by atoms with Gasteiger partial charge in [0.1, 0.15) is 18.5 Å². The van der Waals surface area contributed by atoms with Gasteiger partial charge in [0, 0.05) is 50.5 Å². The maximum atomic E-state index is 14.3. The van der Waals surface area contributed by atoms with Crippen molar-refractivity contribution in [2.24, 2.45) is 7.05 Å². The van der Waals surface area contributed by atoms with E-state index in [1.54, 1.807) is 31.4 Å². The summed E-state index contributed by atoms with van der Waals surface area (Å²) in [6.07, 6.45) is -2.89. The van der Waals surface area contributed by atoms with Crippen LogP contribution in [0.1, 0.15) is 18.1 Å². The molecule has 0 aliphatic heterocycles. The summed E-state index contributed by atoms with van der Waals surface area (Å²) >= 11 is 0. The number of hydrogen-bond acceptors (Lipinski definition) is 5. The lowest BCUT2D eigenvalue weighted by atomic mass is 9.89. The summed E-state index contributed by atoms with van der Waals surface area (Å²) in [5.74, 6) is -0.207. The lowest BCUT2D eigenvalue weighted by Crippen LogP contribution is -2.41. The predicted molar refractivity (Wildman–Crippen MR) is 118 cm³/mol. The molecule has 0 saturated heterocycles. The van der Waals surface area contributed by atoms with Crippen LogP contribution in [0, 0.1) is 0 Å². The average molecular weight is 475 g/mol. The molecule has 2 N–H and O–H groups in total. The third-order valence-corrected chi connectivity index (χ3v) is 5.98. The first-order chi connectivity index (χ1) is 15.9. The summed E-state index contributed by atoms with van der Waals surface area (Å²) < 4.78 is 50.1. The molecule has 1 aliphatic rings. The van der Waals surface area contributed by atoms with Crippen molar-refractivity contribution in [2.75, 3.05) is 20.2 Å². The number of alkyl halides is 3. The van der Waals surface area contributed by atoms with Crippen LogP contribution in [-0.2, 0) is 17.4 Å². The van der Waals surface area contributed by atoms with E-state index >= 15 is 0 Å². The summed E-state index contributed by atoms with van der Waals surface area (Å²) in [6, 6.07) is 8.59. The molecular formula is C24H24F3N3O4. The van der Waals surface area contributed by atoms with E-state index in [1.807, 2.05) is 0 Å². The largest absolute Gasteiger partial charge is 0.491 e. The number of aromatic nitrogens is 2. The number of carbonyl (C=O) groups excluding carboxylic acids is 1. The highest BCUT2D eigenvalue weighted by atomic mass is 19.4. The molecule has 1 heterocycles. The van der Waals surface area contributed by atoms with E-state index in [0.29, 0.717) is 11.1 Å². The van der Waals surface area contributed by atoms with Gasteiger partial charge in [0.2, 0.25) is 11.5 Å². The highest BCUT2D eigenvalue weighted by Gasteiger charge is 2.61. The molecule has 1 unspecified atom stereocenters. The summed E-state index contributed by atoms with van der Waals surface area (Å²) in [4.78, 5) is 12.7. The number of amides is 1. The second-order valence-electron chi connectivity index (χ2n) is 8.41. The van der Waals surface area contributed by atoms with Gasteiger partial charge >= 0.3 is 6.18 Å². The van der Waals surface area contributed by atoms with Crippen LogP contribution in [0.5, 0.6) is 5.75 Å². The molecule has 4 rings (SSSR count). The molecule has 3 aromatic rings. The first kappa shape index (κ1) is 23.8. The van der Waals surface area contributed by atoms with E-state index in [9.17, 15) is 28.2 Å². The third kappa shape index (κ3) is 3.92. The molecule has 0 spiro atoms. The Morgan fingerprint density at radius 1 is 1.24 bits per heavy atom. The van der Waals surface area contributed by atoms with Crippen LogP contribution in [-0.4, -0.2) is 63.3 Å². The van der Waals surface area contributed by atoms with Crippen molar-refractivity contribution in [3.8, 4) is 28.0 Å². The summed E-state index contributed by atoms with van der Waals surface area (Å²) in [5.41, 5.74) is -2.39. The van der Waals surface area contributed by atoms with Crippen molar-refractivity contribution >= 4 is 5.91 Å². The van der Waals surface area contributed by atoms with Gasteiger partial charge in [-0.05, 0) is 28.8 Å². The fourth-order valence-electron chi connectivity index (χ4n) is 4.22. The van der Waals surface area contributed by atoms with E-state index in [-0.39, 0.29) is 47.1 Å². The fraction of sp³-hybridized carbons (Fsp3) is 0.333. The topological polar surface area (TPSA) is 87.8 Å². The molecule has 10 heteroatoms. The van der Waals surface area contributed by atoms with Crippen LogP contribution >= 0.6 is 0 Å². The van der Waals surface area contributed by atoms with Gasteiger partial charge in [-0.25, -0.2) is 0 Å². The monoisotopic (exact) mass is 475 g/mol. The van der Waals surface area contributed by atoms with Gasteiger partial charge in [-0.2, -0.15) is 18.3 Å². The first-order valence-corrected chi connectivity index (χ1v) is 10.5. The molecule has 0 saturated carbocycles. The number of benzene rings is 2. The van der Waals surface area contributed by atoms with Crippen LogP contribution in [0.25, 0.3) is 22.3 Å². The van der Waals surface area contributed by atoms with Gasteiger partial charge < -0.3 is 19.8 Å². The number of halogens is 3. The zero-order valence-corrected chi connectivity index (χ0v) is 18.8. The number of aryl methyl sites for hydroxylation is 1. The van der Waals surface area contributed by atoms with E-state index in [1.165, 1.54) is 41.9 Å². The normalized spacial score (nSPS) is 17.8. The second kappa shape index (κ2) is 8.44. The number of carbonyl (C=O) groups is 1. The van der Waals surface area contributed by atoms with E-state index in [2.05, 4.69) is 5.10 Å². The zero-order chi connectivity index (χ0) is 24.8. The first-order valence-electron chi connectivity index (χ1n) is 10.5. The minimum atomic E-state index is -5.00. The van der Waals surface area contributed by atoms with E-state index in [4.69, 9.17) is 4.74 Å². The Bertz CT molecular complexity index is 1240. The lowest BCUT2D eigenvalue weighted by Gasteiger charge is -2.29. The molecule has 1 aliphatic carbocycles. The Hall–Kier alpha value is -3.37. The van der Waals surface area contributed by atoms with Crippen LogP contribution in [0.4, 0.5) is 13.2 Å². The van der Waals surface area contributed by atoms with Gasteiger partial charge in [0.05, 0.1) is 6.20 Å². The number of hydrogen-bond donors (Lipinski definition) is 2. The van der Waals surface area contributed by atoms with Crippen LogP contribution in [0.15, 0.2) is 48.8 Å². The number of ether oxygens (including phenoxy) is 1. The smallest absolute Gasteiger partial charge is 0.425 e. The van der Waals surface area contributed by atoms with Crippen molar-refractivity contribution in [1.82, 2.24) is 14.7 Å². The number of aliphatic hydroxyl groups excluding tert-OH is 1. The van der Waals surface area contributed by atoms with Gasteiger partial charge in [0.25, 0.3) is 0 Å². The quantitative estimate of drug-likeness (QED) is 0.572. The van der Waals surface area contributed by atoms with Crippen LogP contribution in [0.2, 0.25) is 0 Å². The van der Waals surface area contributed by atoms with Crippen molar-refractivity contribution in [3.05, 3.63) is 59.9 Å². The Morgan fingerprint density at radius 2 is 1.94 bits per heavy atom. The van der Waals surface area contributed by atoms with Crippen molar-refractivity contribution < 1.29 is 32.9 Å². The average Bonchev–Trinajstić information content (AvgIpc) is 3.32. The molecule has 180 valence electrons. The highest BCUT2D eigenvalue weighted by molar-refractivity contribution is 5.93. The second-order valence-corrected chi connectivity index (χ2v) is 8.41. The summed E-state index contributed by atoms with van der Waals surface area (Å²) in [7, 11) is 3.20. The number of aliphatic hydroxyl groups is 2. The summed E-state index contributed by atoms with van der Waals surface area (Å²) in [5, 5.41) is 25.4. The Balaban J connectivity index is 1.83. The molecule has 1 amide bonds. The number of nitrogens with zero attached hydrogens (tertiary/aromatic N) is 3. The minimum Gasteiger partial charge on any atom is -0.491 e. The van der Waals surface area contributed by atoms with Gasteiger partial charge in [0.15, 0.2) is 0 Å². The molecular weight excluding hydrogens is 451 g/mol. The van der Waals surface area contributed by atoms with Gasteiger partial charge in [-0.1, -0.05) is 24.3 Å². The molecule has 1 aromatic heterocycles. The standard InChI is InChI=1S/C24H24F3N3O4/c1-14(31)29(2)12-16(32)13-34-17-8-19(15-10-28-30(3)11-15)22-18-6-4-5-7-20(18)23(33,21(22)9-17)24(25,26)27/h4-11,16,32-33H,12-13H2,1-3H3/t16-,23?/m1/s1. The highest BCUT2D eigenvalue weighted by Crippen LogP contribution is 2.58. The molecule has 7 nitrogen and oxygen atoms in total. The Labute approximate surface area is 194 Å². The number of fused-ring (bicyclic) bond motifs is 3.